The summed E-state index contributed by atoms with van der Waals surface area (Å²) in [6.07, 6.45) is 1.55. The number of aromatic hydroxyl groups is 1. The minimum Gasteiger partial charge on any atom is -0.504 e. The van der Waals surface area contributed by atoms with Gasteiger partial charge in [0.1, 0.15) is 16.5 Å². The molecule has 0 amide bonds. The summed E-state index contributed by atoms with van der Waals surface area (Å²) in [5, 5.41) is 15.4. The van der Waals surface area contributed by atoms with Gasteiger partial charge in [-0.05, 0) is 24.3 Å². The van der Waals surface area contributed by atoms with Gasteiger partial charge in [0.25, 0.3) is 0 Å². The zero-order valence-electron chi connectivity index (χ0n) is 13.0. The molecule has 0 saturated carbocycles. The van der Waals surface area contributed by atoms with Gasteiger partial charge in [0.15, 0.2) is 17.3 Å². The molecule has 0 unspecified atom stereocenters. The molecule has 4 rings (SSSR count). The largest absolute Gasteiger partial charge is 0.504 e. The van der Waals surface area contributed by atoms with Crippen LogP contribution < -0.4 is 0 Å². The second-order valence-corrected chi connectivity index (χ2v) is 5.82. The van der Waals surface area contributed by atoms with Crippen molar-refractivity contribution in [3.8, 4) is 28.5 Å². The summed E-state index contributed by atoms with van der Waals surface area (Å²) < 4.78 is 1.55. The molecule has 0 radical (unpaired) electrons. The zero-order chi connectivity index (χ0) is 17.6. The Hall–Kier alpha value is -3.37. The Kier molecular flexibility index (Phi) is 3.41. The monoisotopic (exact) mass is 350 g/mol. The molecule has 3 heterocycles. The molecule has 25 heavy (non-hydrogen) atoms. The molecule has 3 aromatic heterocycles. The minimum atomic E-state index is -0.00363. The average Bonchev–Trinajstić information content (AvgIpc) is 3.15. The maximum atomic E-state index is 10.7. The van der Waals surface area contributed by atoms with Gasteiger partial charge in [-0.1, -0.05) is 17.7 Å². The van der Waals surface area contributed by atoms with Crippen LogP contribution in [0.1, 0.15) is 0 Å². The standard InChI is InChI=1S/C17H11ClN6O/c1-19-10-4-5-11-12(7-10)22-17(21-11)15-16(25)14(23-24(15)2)9-3-6-13(18)20-8-9/h3-8,25H,2H3,(H,21,22). The summed E-state index contributed by atoms with van der Waals surface area (Å²) in [6, 6.07) is 8.57. The van der Waals surface area contributed by atoms with E-state index in [1.54, 1.807) is 48.3 Å². The van der Waals surface area contributed by atoms with Crippen LogP contribution in [0.3, 0.4) is 0 Å². The number of hydrogen-bond acceptors (Lipinski definition) is 4. The molecule has 0 aliphatic carbocycles. The van der Waals surface area contributed by atoms with E-state index in [1.165, 1.54) is 0 Å². The number of nitrogens with zero attached hydrogens (tertiary/aromatic N) is 5. The second-order valence-electron chi connectivity index (χ2n) is 5.44. The lowest BCUT2D eigenvalue weighted by molar-refractivity contribution is 0.478. The van der Waals surface area contributed by atoms with Crippen LogP contribution in [-0.4, -0.2) is 29.8 Å². The van der Waals surface area contributed by atoms with Crippen molar-refractivity contribution in [2.24, 2.45) is 7.05 Å². The van der Waals surface area contributed by atoms with Crippen molar-refractivity contribution in [3.05, 3.63) is 53.1 Å². The lowest BCUT2D eigenvalue weighted by Crippen LogP contribution is -1.95. The van der Waals surface area contributed by atoms with Crippen molar-refractivity contribution in [3.63, 3.8) is 0 Å². The van der Waals surface area contributed by atoms with E-state index in [0.717, 1.165) is 5.52 Å². The molecule has 1 aromatic carbocycles. The van der Waals surface area contributed by atoms with Crippen LogP contribution in [0.4, 0.5) is 5.69 Å². The topological polar surface area (TPSA) is 84.0 Å². The van der Waals surface area contributed by atoms with E-state index < -0.39 is 0 Å². The van der Waals surface area contributed by atoms with E-state index in [9.17, 15) is 5.11 Å². The summed E-state index contributed by atoms with van der Waals surface area (Å²) in [5.74, 6) is 0.467. The number of hydrogen-bond donors (Lipinski definition) is 2. The van der Waals surface area contributed by atoms with Crippen molar-refractivity contribution in [1.29, 1.82) is 0 Å². The number of aryl methyl sites for hydroxylation is 1. The molecule has 0 aliphatic rings. The first-order valence-electron chi connectivity index (χ1n) is 7.32. The van der Waals surface area contributed by atoms with Crippen molar-refractivity contribution in [2.75, 3.05) is 0 Å². The van der Waals surface area contributed by atoms with E-state index in [1.807, 2.05) is 0 Å². The molecular weight excluding hydrogens is 340 g/mol. The third-order valence-corrected chi connectivity index (χ3v) is 4.07. The van der Waals surface area contributed by atoms with Gasteiger partial charge in [0.05, 0.1) is 17.6 Å². The van der Waals surface area contributed by atoms with Gasteiger partial charge in [-0.25, -0.2) is 14.8 Å². The highest BCUT2D eigenvalue weighted by Crippen LogP contribution is 2.37. The van der Waals surface area contributed by atoms with E-state index in [4.69, 9.17) is 18.2 Å². The molecule has 0 atom stereocenters. The van der Waals surface area contributed by atoms with Crippen LogP contribution in [0.5, 0.6) is 5.75 Å². The molecule has 0 spiro atoms. The lowest BCUT2D eigenvalue weighted by Gasteiger charge is -1.98. The quantitative estimate of drug-likeness (QED) is 0.423. The molecule has 4 aromatic rings. The predicted molar refractivity (Wildman–Crippen MR) is 94.5 cm³/mol. The van der Waals surface area contributed by atoms with Gasteiger partial charge in [-0.3, -0.25) is 4.68 Å². The summed E-state index contributed by atoms with van der Waals surface area (Å²) in [6.45, 7) is 7.09. The van der Waals surface area contributed by atoms with Gasteiger partial charge in [0.2, 0.25) is 0 Å². The molecule has 8 heteroatoms. The number of benzene rings is 1. The van der Waals surface area contributed by atoms with E-state index in [2.05, 4.69) is 24.9 Å². The van der Waals surface area contributed by atoms with Crippen molar-refractivity contribution in [2.45, 2.75) is 0 Å². The first-order chi connectivity index (χ1) is 12.1. The number of fused-ring (bicyclic) bond motifs is 1. The van der Waals surface area contributed by atoms with Crippen LogP contribution >= 0.6 is 11.6 Å². The normalized spacial score (nSPS) is 10.9. The molecule has 122 valence electrons. The highest BCUT2D eigenvalue weighted by molar-refractivity contribution is 6.29. The Balaban J connectivity index is 1.86. The Bertz CT molecular complexity index is 1140. The smallest absolute Gasteiger partial charge is 0.189 e. The first-order valence-corrected chi connectivity index (χ1v) is 7.70. The fourth-order valence-corrected chi connectivity index (χ4v) is 2.78. The van der Waals surface area contributed by atoms with E-state index >= 15 is 0 Å². The SMILES string of the molecule is [C-]#[N+]c1ccc2[nH]c(-c3c(O)c(-c4ccc(Cl)nc4)nn3C)nc2c1. The van der Waals surface area contributed by atoms with Crippen LogP contribution in [0.25, 0.3) is 38.7 Å². The molecule has 0 fully saturated rings. The van der Waals surface area contributed by atoms with Crippen molar-refractivity contribution >= 4 is 28.3 Å². The highest BCUT2D eigenvalue weighted by Gasteiger charge is 2.21. The Morgan fingerprint density at radius 1 is 1.28 bits per heavy atom. The number of H-pyrrole nitrogens is 1. The van der Waals surface area contributed by atoms with Gasteiger partial charge >= 0.3 is 0 Å². The number of imidazole rings is 1. The summed E-state index contributed by atoms with van der Waals surface area (Å²) in [4.78, 5) is 15.0. The molecule has 0 aliphatic heterocycles. The number of nitrogens with one attached hydrogen (secondary N) is 1. The number of halogens is 1. The van der Waals surface area contributed by atoms with Gasteiger partial charge in [-0.2, -0.15) is 5.10 Å². The Labute approximate surface area is 147 Å². The maximum Gasteiger partial charge on any atom is 0.189 e. The predicted octanol–water partition coefficient (Wildman–Crippen LogP) is 3.94. The third-order valence-electron chi connectivity index (χ3n) is 3.84. The summed E-state index contributed by atoms with van der Waals surface area (Å²) >= 11 is 5.81. The summed E-state index contributed by atoms with van der Waals surface area (Å²) in [7, 11) is 1.72. The van der Waals surface area contributed by atoms with Crippen molar-refractivity contribution in [1.82, 2.24) is 24.7 Å². The maximum absolute atomic E-state index is 10.7. The number of pyridine rings is 1. The molecule has 2 N–H and O–H groups in total. The van der Waals surface area contributed by atoms with Crippen LogP contribution in [0.15, 0.2) is 36.5 Å². The second kappa shape index (κ2) is 5.61. The number of rotatable bonds is 2. The molecule has 0 bridgehead atoms. The first kappa shape index (κ1) is 15.2. The Morgan fingerprint density at radius 3 is 2.84 bits per heavy atom. The Morgan fingerprint density at radius 2 is 2.12 bits per heavy atom. The van der Waals surface area contributed by atoms with Gasteiger partial charge in [-0.15, -0.1) is 0 Å². The zero-order valence-corrected chi connectivity index (χ0v) is 13.8. The van der Waals surface area contributed by atoms with Crippen LogP contribution in [0.2, 0.25) is 5.15 Å². The fourth-order valence-electron chi connectivity index (χ4n) is 2.66. The fraction of sp³-hybridized carbons (Fsp3) is 0.0588. The van der Waals surface area contributed by atoms with E-state index in [0.29, 0.717) is 39.1 Å². The van der Waals surface area contributed by atoms with E-state index in [-0.39, 0.29) is 5.75 Å². The van der Waals surface area contributed by atoms with Gasteiger partial charge in [0, 0.05) is 18.8 Å². The highest BCUT2D eigenvalue weighted by atomic mass is 35.5. The van der Waals surface area contributed by atoms with Crippen LogP contribution in [-0.2, 0) is 7.05 Å². The van der Waals surface area contributed by atoms with Crippen LogP contribution in [0, 0.1) is 6.57 Å². The molecule has 0 saturated heterocycles. The third kappa shape index (κ3) is 2.49. The number of aromatic amines is 1. The average molecular weight is 351 g/mol. The minimum absolute atomic E-state index is 0.00363. The lowest BCUT2D eigenvalue weighted by atomic mass is 10.2. The number of aromatic nitrogens is 5. The van der Waals surface area contributed by atoms with Crippen molar-refractivity contribution < 1.29 is 5.11 Å². The summed E-state index contributed by atoms with van der Waals surface area (Å²) in [5.41, 5.74) is 3.42. The molecule has 7 nitrogen and oxygen atoms in total. The van der Waals surface area contributed by atoms with Gasteiger partial charge < -0.3 is 10.1 Å². The molecular formula is C17H11ClN6O.